The molecular formula is C25H21Cl2F2N. The van der Waals surface area contributed by atoms with Gasteiger partial charge >= 0.3 is 0 Å². The number of nitrogens with one attached hydrogen (secondary N) is 1. The smallest absolute Gasteiger partial charge is 0.133 e. The number of hydrogen-bond acceptors (Lipinski definition) is 1. The topological polar surface area (TPSA) is 12.0 Å². The minimum atomic E-state index is -0.664. The number of allylic oxidation sites excluding steroid dienone is 1. The molecule has 4 rings (SSSR count). The van der Waals surface area contributed by atoms with Crippen LogP contribution in [0.5, 0.6) is 0 Å². The molecule has 0 bridgehead atoms. The van der Waals surface area contributed by atoms with Gasteiger partial charge in [-0.05, 0) is 49.7 Å². The van der Waals surface area contributed by atoms with Gasteiger partial charge in [-0.15, -0.1) is 11.6 Å². The Bertz CT molecular complexity index is 1140. The first-order valence-corrected chi connectivity index (χ1v) is 10.4. The van der Waals surface area contributed by atoms with E-state index in [9.17, 15) is 8.78 Å². The molecule has 1 aliphatic rings. The van der Waals surface area contributed by atoms with Gasteiger partial charge < -0.3 is 5.32 Å². The molecule has 30 heavy (non-hydrogen) atoms. The van der Waals surface area contributed by atoms with Crippen LogP contribution in [-0.2, 0) is 0 Å². The van der Waals surface area contributed by atoms with E-state index >= 15 is 0 Å². The molecule has 0 saturated heterocycles. The van der Waals surface area contributed by atoms with E-state index in [0.717, 1.165) is 11.8 Å². The van der Waals surface area contributed by atoms with Crippen molar-refractivity contribution in [3.63, 3.8) is 0 Å². The van der Waals surface area contributed by atoms with E-state index in [1.807, 2.05) is 13.0 Å². The molecule has 1 fully saturated rings. The molecule has 3 atom stereocenters. The molecule has 0 radical (unpaired) electrons. The second-order valence-corrected chi connectivity index (χ2v) is 9.21. The van der Waals surface area contributed by atoms with E-state index in [4.69, 9.17) is 23.2 Å². The fourth-order valence-corrected chi connectivity index (χ4v) is 4.85. The number of alkyl halides is 1. The van der Waals surface area contributed by atoms with E-state index in [1.165, 1.54) is 23.3 Å². The summed E-state index contributed by atoms with van der Waals surface area (Å²) in [5.74, 6) is -1.10. The van der Waals surface area contributed by atoms with Crippen LogP contribution in [0.3, 0.4) is 0 Å². The normalized spacial score (nSPS) is 22.6. The third kappa shape index (κ3) is 3.84. The first-order chi connectivity index (χ1) is 14.2. The van der Waals surface area contributed by atoms with Crippen molar-refractivity contribution in [1.29, 1.82) is 0 Å². The Balaban J connectivity index is 1.58. The van der Waals surface area contributed by atoms with E-state index < -0.39 is 16.5 Å². The second kappa shape index (κ2) is 7.72. The molecule has 3 unspecified atom stereocenters. The summed E-state index contributed by atoms with van der Waals surface area (Å²) in [6.45, 7) is 8.28. The first kappa shape index (κ1) is 20.9. The Morgan fingerprint density at radius 2 is 1.80 bits per heavy atom. The second-order valence-electron chi connectivity index (χ2n) is 7.99. The summed E-state index contributed by atoms with van der Waals surface area (Å²) in [7, 11) is 0. The van der Waals surface area contributed by atoms with Crippen molar-refractivity contribution in [1.82, 2.24) is 0 Å². The molecule has 1 aliphatic carbocycles. The molecule has 0 heterocycles. The van der Waals surface area contributed by atoms with Gasteiger partial charge in [0, 0.05) is 45.4 Å². The number of halogens is 4. The van der Waals surface area contributed by atoms with Crippen molar-refractivity contribution >= 4 is 28.9 Å². The summed E-state index contributed by atoms with van der Waals surface area (Å²) in [5.41, 5.74) is 4.59. The zero-order chi connectivity index (χ0) is 21.6. The zero-order valence-corrected chi connectivity index (χ0v) is 18.2. The van der Waals surface area contributed by atoms with Crippen LogP contribution in [-0.4, -0.2) is 4.87 Å². The van der Waals surface area contributed by atoms with Crippen molar-refractivity contribution in [3.05, 3.63) is 101 Å². The van der Waals surface area contributed by atoms with Crippen LogP contribution < -0.4 is 5.32 Å². The predicted molar refractivity (Wildman–Crippen MR) is 121 cm³/mol. The van der Waals surface area contributed by atoms with Gasteiger partial charge in [0.2, 0.25) is 0 Å². The third-order valence-electron chi connectivity index (χ3n) is 5.71. The Morgan fingerprint density at radius 3 is 2.50 bits per heavy atom. The predicted octanol–water partition coefficient (Wildman–Crippen LogP) is 7.93. The van der Waals surface area contributed by atoms with E-state index in [1.54, 1.807) is 18.2 Å². The van der Waals surface area contributed by atoms with Gasteiger partial charge in [-0.3, -0.25) is 0 Å². The minimum Gasteiger partial charge on any atom is -0.359 e. The summed E-state index contributed by atoms with van der Waals surface area (Å²) in [6, 6.07) is 17.0. The van der Waals surface area contributed by atoms with Crippen molar-refractivity contribution in [3.8, 4) is 11.1 Å². The Kier molecular flexibility index (Phi) is 5.37. The first-order valence-electron chi connectivity index (χ1n) is 9.64. The molecule has 1 saturated carbocycles. The molecule has 1 N–H and O–H groups in total. The van der Waals surface area contributed by atoms with Gasteiger partial charge in [0.25, 0.3) is 0 Å². The van der Waals surface area contributed by atoms with Gasteiger partial charge in [0.1, 0.15) is 11.6 Å². The molecule has 0 spiro atoms. The number of anilines is 1. The fraction of sp³-hybridized carbons (Fsp3) is 0.200. The molecule has 0 amide bonds. The van der Waals surface area contributed by atoms with E-state index in [2.05, 4.69) is 37.0 Å². The summed E-state index contributed by atoms with van der Waals surface area (Å²) < 4.78 is 27.5. The van der Waals surface area contributed by atoms with Crippen LogP contribution in [0.15, 0.2) is 72.9 Å². The van der Waals surface area contributed by atoms with Crippen molar-refractivity contribution < 1.29 is 8.78 Å². The molecule has 3 aromatic rings. The molecular weight excluding hydrogens is 423 g/mol. The highest BCUT2D eigenvalue weighted by atomic mass is 35.5. The minimum absolute atomic E-state index is 0.0441. The zero-order valence-electron chi connectivity index (χ0n) is 16.6. The van der Waals surface area contributed by atoms with Gasteiger partial charge in [-0.25, -0.2) is 8.78 Å². The quantitative estimate of drug-likeness (QED) is 0.394. The van der Waals surface area contributed by atoms with Gasteiger partial charge in [0.05, 0.1) is 4.87 Å². The van der Waals surface area contributed by atoms with Gasteiger partial charge in [0.15, 0.2) is 0 Å². The lowest BCUT2D eigenvalue weighted by molar-refractivity contribution is 0.585. The summed E-state index contributed by atoms with van der Waals surface area (Å²) in [6.07, 6.45) is 0. The summed E-state index contributed by atoms with van der Waals surface area (Å²) in [5, 5.41) is 3.69. The largest absolute Gasteiger partial charge is 0.359 e. The molecule has 0 aliphatic heterocycles. The van der Waals surface area contributed by atoms with E-state index in [0.29, 0.717) is 16.3 Å². The number of benzene rings is 3. The molecule has 3 aromatic carbocycles. The highest BCUT2D eigenvalue weighted by molar-refractivity contribution is 6.33. The summed E-state index contributed by atoms with van der Waals surface area (Å²) >= 11 is 13.1. The monoisotopic (exact) mass is 443 g/mol. The van der Waals surface area contributed by atoms with E-state index in [-0.39, 0.29) is 17.4 Å². The van der Waals surface area contributed by atoms with Crippen LogP contribution in [0.4, 0.5) is 14.5 Å². The Hall–Kier alpha value is -2.36. The third-order valence-corrected chi connectivity index (χ3v) is 6.51. The average molecular weight is 444 g/mol. The SMILES string of the molecule is C=C(Nc1ccc(Cl)c(-c2ccc(F)cc2F)c1)C1C(c2cccc(C)c2)C1(C)Cl. The Morgan fingerprint density at radius 1 is 1.03 bits per heavy atom. The van der Waals surface area contributed by atoms with Crippen LogP contribution in [0.1, 0.15) is 24.0 Å². The summed E-state index contributed by atoms with van der Waals surface area (Å²) in [4.78, 5) is -0.434. The highest BCUT2D eigenvalue weighted by Gasteiger charge is 2.62. The number of aryl methyl sites for hydroxylation is 1. The van der Waals surface area contributed by atoms with Gasteiger partial charge in [-0.1, -0.05) is 48.0 Å². The number of rotatable bonds is 5. The maximum atomic E-state index is 14.3. The molecule has 1 nitrogen and oxygen atoms in total. The standard InChI is InChI=1S/C25H21Cl2F2N/c1-14-5-4-6-16(11-14)24-23(25(24,3)27)15(2)30-18-8-10-21(26)20(13-18)19-9-7-17(28)12-22(19)29/h4-13,23-24,30H,2H2,1,3H3. The Labute approximate surface area is 185 Å². The van der Waals surface area contributed by atoms with Gasteiger partial charge in [-0.2, -0.15) is 0 Å². The maximum Gasteiger partial charge on any atom is 0.133 e. The fourth-order valence-electron chi connectivity index (χ4n) is 4.19. The van der Waals surface area contributed by atoms with Crippen LogP contribution >= 0.6 is 23.2 Å². The molecule has 0 aromatic heterocycles. The lowest BCUT2D eigenvalue weighted by Crippen LogP contribution is -2.05. The van der Waals surface area contributed by atoms with Crippen LogP contribution in [0.2, 0.25) is 5.02 Å². The molecule has 154 valence electrons. The van der Waals surface area contributed by atoms with Crippen molar-refractivity contribution in [2.24, 2.45) is 5.92 Å². The highest BCUT2D eigenvalue weighted by Crippen LogP contribution is 2.64. The van der Waals surface area contributed by atoms with Crippen molar-refractivity contribution in [2.75, 3.05) is 5.32 Å². The van der Waals surface area contributed by atoms with Crippen LogP contribution in [0, 0.1) is 24.5 Å². The average Bonchev–Trinajstić information content (AvgIpc) is 3.26. The molecule has 5 heteroatoms. The van der Waals surface area contributed by atoms with Crippen LogP contribution in [0.25, 0.3) is 11.1 Å². The maximum absolute atomic E-state index is 14.3. The number of hydrogen-bond donors (Lipinski definition) is 1. The van der Waals surface area contributed by atoms with Crippen molar-refractivity contribution in [2.45, 2.75) is 24.6 Å². The lowest BCUT2D eigenvalue weighted by atomic mass is 10.0. The lowest BCUT2D eigenvalue weighted by Gasteiger charge is -2.13.